The van der Waals surface area contributed by atoms with Crippen molar-refractivity contribution in [3.8, 4) is 0 Å². The van der Waals surface area contributed by atoms with E-state index in [2.05, 4.69) is 5.32 Å². The fourth-order valence-electron chi connectivity index (χ4n) is 1.37. The van der Waals surface area contributed by atoms with Crippen LogP contribution in [0.1, 0.15) is 30.5 Å². The van der Waals surface area contributed by atoms with Gasteiger partial charge in [-0.25, -0.2) is 13.6 Å². The van der Waals surface area contributed by atoms with Crippen molar-refractivity contribution in [2.75, 3.05) is 0 Å². The number of carbonyl (C=O) groups is 2. The van der Waals surface area contributed by atoms with Crippen molar-refractivity contribution in [1.29, 1.82) is 0 Å². The highest BCUT2D eigenvalue weighted by molar-refractivity contribution is 5.83. The van der Waals surface area contributed by atoms with Gasteiger partial charge in [0.05, 0.1) is 0 Å². The maximum atomic E-state index is 12.4. The first-order chi connectivity index (χ1) is 7.91. The molecule has 92 valence electrons. The van der Waals surface area contributed by atoms with Gasteiger partial charge in [0.1, 0.15) is 0 Å². The van der Waals surface area contributed by atoms with Crippen LogP contribution in [0, 0.1) is 0 Å². The Labute approximate surface area is 96.3 Å². The molecule has 0 aliphatic carbocycles. The summed E-state index contributed by atoms with van der Waals surface area (Å²) in [6.07, 6.45) is -2.68. The van der Waals surface area contributed by atoms with E-state index in [0.717, 1.165) is 13.0 Å². The van der Waals surface area contributed by atoms with E-state index in [1.807, 2.05) is 0 Å². The van der Waals surface area contributed by atoms with E-state index in [1.165, 1.54) is 18.2 Å². The molecule has 1 amide bonds. The molecule has 0 radical (unpaired) electrons. The average Bonchev–Trinajstić information content (AvgIpc) is 2.25. The maximum Gasteiger partial charge on any atom is 0.330 e. The predicted octanol–water partition coefficient (Wildman–Crippen LogP) is 1.89. The van der Waals surface area contributed by atoms with Crippen molar-refractivity contribution in [2.45, 2.75) is 19.4 Å². The molecule has 0 heterocycles. The van der Waals surface area contributed by atoms with Crippen LogP contribution in [-0.4, -0.2) is 17.0 Å². The summed E-state index contributed by atoms with van der Waals surface area (Å²) < 4.78 is 24.9. The molecule has 0 aliphatic heterocycles. The molecule has 0 saturated carbocycles. The summed E-state index contributed by atoms with van der Waals surface area (Å²) in [5, 5.41) is 11.1. The third-order valence-electron chi connectivity index (χ3n) is 2.09. The lowest BCUT2D eigenvalue weighted by atomic mass is 10.0. The molecule has 6 heteroatoms. The molecule has 0 saturated heterocycles. The van der Waals surface area contributed by atoms with Gasteiger partial charge in [-0.1, -0.05) is 18.2 Å². The van der Waals surface area contributed by atoms with Gasteiger partial charge >= 0.3 is 5.97 Å². The number of hydrogen-bond donors (Lipinski definition) is 2. The standard InChI is InChI=1S/C11H11F2NO3/c1-6(15)14-9(11(16)17)7-3-2-4-8(5-7)10(12)13/h2-5,9-10H,1H3,(H,14,15)(H,16,17). The Morgan fingerprint density at radius 3 is 2.35 bits per heavy atom. The van der Waals surface area contributed by atoms with Gasteiger partial charge in [0.15, 0.2) is 6.04 Å². The Hall–Kier alpha value is -1.98. The van der Waals surface area contributed by atoms with Crippen LogP contribution in [0.15, 0.2) is 24.3 Å². The van der Waals surface area contributed by atoms with E-state index >= 15 is 0 Å². The Morgan fingerprint density at radius 1 is 1.29 bits per heavy atom. The number of rotatable bonds is 4. The minimum absolute atomic E-state index is 0.116. The summed E-state index contributed by atoms with van der Waals surface area (Å²) in [5.74, 6) is -1.84. The fourth-order valence-corrected chi connectivity index (χ4v) is 1.37. The van der Waals surface area contributed by atoms with Crippen LogP contribution in [0.5, 0.6) is 0 Å². The molecule has 1 rings (SSSR count). The lowest BCUT2D eigenvalue weighted by Gasteiger charge is -2.14. The lowest BCUT2D eigenvalue weighted by Crippen LogP contribution is -2.32. The fraction of sp³-hybridized carbons (Fsp3) is 0.273. The Bertz CT molecular complexity index is 434. The van der Waals surface area contributed by atoms with Gasteiger partial charge in [-0.2, -0.15) is 0 Å². The number of halogens is 2. The highest BCUT2D eigenvalue weighted by Crippen LogP contribution is 2.22. The number of hydrogen-bond acceptors (Lipinski definition) is 2. The molecular weight excluding hydrogens is 232 g/mol. The number of aliphatic carboxylic acids is 1. The van der Waals surface area contributed by atoms with Crippen molar-refractivity contribution < 1.29 is 23.5 Å². The van der Waals surface area contributed by atoms with E-state index in [4.69, 9.17) is 5.11 Å². The van der Waals surface area contributed by atoms with Crippen molar-refractivity contribution in [2.24, 2.45) is 0 Å². The quantitative estimate of drug-likeness (QED) is 0.848. The monoisotopic (exact) mass is 243 g/mol. The first kappa shape index (κ1) is 13.1. The normalized spacial score (nSPS) is 12.2. The number of carbonyl (C=O) groups excluding carboxylic acids is 1. The molecule has 1 aromatic rings. The summed E-state index contributed by atoms with van der Waals surface area (Å²) in [7, 11) is 0. The molecule has 0 spiro atoms. The second-order valence-electron chi connectivity index (χ2n) is 3.44. The molecule has 1 atom stereocenters. The molecule has 1 unspecified atom stereocenters. The van der Waals surface area contributed by atoms with Gasteiger partial charge in [-0.3, -0.25) is 4.79 Å². The van der Waals surface area contributed by atoms with Crippen LogP contribution in [0.3, 0.4) is 0 Å². The SMILES string of the molecule is CC(=O)NC(C(=O)O)c1cccc(C(F)F)c1. The van der Waals surface area contributed by atoms with E-state index in [-0.39, 0.29) is 11.1 Å². The second kappa shape index (κ2) is 5.38. The smallest absolute Gasteiger partial charge is 0.330 e. The van der Waals surface area contributed by atoms with Crippen LogP contribution in [0.2, 0.25) is 0 Å². The van der Waals surface area contributed by atoms with Crippen molar-refractivity contribution in [1.82, 2.24) is 5.32 Å². The lowest BCUT2D eigenvalue weighted by molar-refractivity contribution is -0.141. The van der Waals surface area contributed by atoms with E-state index in [9.17, 15) is 18.4 Å². The molecule has 2 N–H and O–H groups in total. The molecule has 0 fully saturated rings. The number of amides is 1. The molecule has 17 heavy (non-hydrogen) atoms. The maximum absolute atomic E-state index is 12.4. The third kappa shape index (κ3) is 3.51. The van der Waals surface area contributed by atoms with Gasteiger partial charge in [0.2, 0.25) is 5.91 Å². The molecule has 0 aromatic heterocycles. The predicted molar refractivity (Wildman–Crippen MR) is 55.6 cm³/mol. The zero-order valence-corrected chi connectivity index (χ0v) is 8.98. The largest absolute Gasteiger partial charge is 0.479 e. The van der Waals surface area contributed by atoms with Crippen molar-refractivity contribution >= 4 is 11.9 Å². The number of carboxylic acid groups (broad SMARTS) is 1. The third-order valence-corrected chi connectivity index (χ3v) is 2.09. The molecule has 1 aromatic carbocycles. The average molecular weight is 243 g/mol. The minimum atomic E-state index is -2.68. The van der Waals surface area contributed by atoms with Crippen molar-refractivity contribution in [3.05, 3.63) is 35.4 Å². The van der Waals surface area contributed by atoms with Crippen LogP contribution >= 0.6 is 0 Å². The van der Waals surface area contributed by atoms with Gasteiger partial charge in [-0.05, 0) is 11.6 Å². The highest BCUT2D eigenvalue weighted by Gasteiger charge is 2.21. The number of benzene rings is 1. The summed E-state index contributed by atoms with van der Waals surface area (Å²) in [5.41, 5.74) is -0.162. The van der Waals surface area contributed by atoms with Gasteiger partial charge < -0.3 is 10.4 Å². The summed E-state index contributed by atoms with van der Waals surface area (Å²) >= 11 is 0. The van der Waals surface area contributed by atoms with E-state index in [1.54, 1.807) is 0 Å². The van der Waals surface area contributed by atoms with E-state index < -0.39 is 24.3 Å². The minimum Gasteiger partial charge on any atom is -0.479 e. The molecular formula is C11H11F2NO3. The highest BCUT2D eigenvalue weighted by atomic mass is 19.3. The van der Waals surface area contributed by atoms with Crippen LogP contribution in [0.25, 0.3) is 0 Å². The topological polar surface area (TPSA) is 66.4 Å². The number of nitrogens with one attached hydrogen (secondary N) is 1. The second-order valence-corrected chi connectivity index (χ2v) is 3.44. The zero-order chi connectivity index (χ0) is 13.0. The zero-order valence-electron chi connectivity index (χ0n) is 8.98. The van der Waals surface area contributed by atoms with Crippen molar-refractivity contribution in [3.63, 3.8) is 0 Å². The molecule has 4 nitrogen and oxygen atoms in total. The number of alkyl halides is 2. The Kier molecular flexibility index (Phi) is 4.14. The molecule has 0 aliphatic rings. The summed E-state index contributed by atoms with van der Waals surface area (Å²) in [4.78, 5) is 21.7. The van der Waals surface area contributed by atoms with Crippen LogP contribution in [-0.2, 0) is 9.59 Å². The van der Waals surface area contributed by atoms with Crippen LogP contribution in [0.4, 0.5) is 8.78 Å². The van der Waals surface area contributed by atoms with E-state index in [0.29, 0.717) is 0 Å². The summed E-state index contributed by atoms with van der Waals surface area (Å²) in [6.45, 7) is 1.16. The first-order valence-corrected chi connectivity index (χ1v) is 4.79. The van der Waals surface area contributed by atoms with Crippen LogP contribution < -0.4 is 5.32 Å². The Morgan fingerprint density at radius 2 is 1.88 bits per heavy atom. The molecule has 0 bridgehead atoms. The number of carboxylic acids is 1. The first-order valence-electron chi connectivity index (χ1n) is 4.79. The van der Waals surface area contributed by atoms with Gasteiger partial charge in [0.25, 0.3) is 6.43 Å². The van der Waals surface area contributed by atoms with Gasteiger partial charge in [0, 0.05) is 12.5 Å². The Balaban J connectivity index is 3.05. The summed E-state index contributed by atoms with van der Waals surface area (Å²) in [6, 6.07) is 3.65. The van der Waals surface area contributed by atoms with Gasteiger partial charge in [-0.15, -0.1) is 0 Å².